The maximum Gasteiger partial charge on any atom is 0.221 e. The number of anilines is 1. The topological polar surface area (TPSA) is 57.8 Å². The summed E-state index contributed by atoms with van der Waals surface area (Å²) in [6, 6.07) is 0. The minimum absolute atomic E-state index is 0.0867. The molecule has 0 bridgehead atoms. The Morgan fingerprint density at radius 3 is 3.11 bits per heavy atom. The van der Waals surface area contributed by atoms with Crippen LogP contribution >= 0.6 is 0 Å². The van der Waals surface area contributed by atoms with Gasteiger partial charge >= 0.3 is 0 Å². The molecule has 0 aliphatic rings. The van der Waals surface area contributed by atoms with Crippen molar-refractivity contribution in [3.05, 3.63) is 12.4 Å². The van der Waals surface area contributed by atoms with Crippen molar-refractivity contribution in [2.75, 3.05) is 5.32 Å². The van der Waals surface area contributed by atoms with Crippen LogP contribution in [0.2, 0.25) is 0 Å². The third-order valence-electron chi connectivity index (χ3n) is 0.819. The van der Waals surface area contributed by atoms with Gasteiger partial charge in [-0.2, -0.15) is 5.10 Å². The van der Waals surface area contributed by atoms with E-state index in [-0.39, 0.29) is 5.91 Å². The van der Waals surface area contributed by atoms with Crippen LogP contribution in [0.5, 0.6) is 0 Å². The number of aromatic amines is 1. The second kappa shape index (κ2) is 2.30. The van der Waals surface area contributed by atoms with Crippen LogP contribution in [-0.2, 0) is 4.79 Å². The maximum absolute atomic E-state index is 10.4. The monoisotopic (exact) mass is 125 g/mol. The summed E-state index contributed by atoms with van der Waals surface area (Å²) >= 11 is 0. The van der Waals surface area contributed by atoms with Gasteiger partial charge in [-0.25, -0.2) is 0 Å². The number of carbonyl (C=O) groups excluding carboxylic acids is 1. The van der Waals surface area contributed by atoms with E-state index >= 15 is 0 Å². The number of rotatable bonds is 1. The first-order chi connectivity index (χ1) is 4.29. The predicted octanol–water partition coefficient (Wildman–Crippen LogP) is 0.368. The molecule has 0 aliphatic carbocycles. The molecular weight excluding hydrogens is 118 g/mol. The number of hydrogen-bond donors (Lipinski definition) is 2. The molecule has 0 aromatic carbocycles. The van der Waals surface area contributed by atoms with Gasteiger partial charge in [0.05, 0.1) is 11.9 Å². The van der Waals surface area contributed by atoms with E-state index in [0.29, 0.717) is 5.69 Å². The van der Waals surface area contributed by atoms with Crippen molar-refractivity contribution < 1.29 is 4.79 Å². The van der Waals surface area contributed by atoms with Crippen molar-refractivity contribution in [1.82, 2.24) is 10.2 Å². The van der Waals surface area contributed by atoms with Gasteiger partial charge in [0, 0.05) is 13.1 Å². The summed E-state index contributed by atoms with van der Waals surface area (Å²) < 4.78 is 0. The Hall–Kier alpha value is -1.32. The van der Waals surface area contributed by atoms with Crippen LogP contribution in [-0.4, -0.2) is 16.1 Å². The van der Waals surface area contributed by atoms with Gasteiger partial charge in [-0.15, -0.1) is 0 Å². The molecule has 4 nitrogen and oxygen atoms in total. The lowest BCUT2D eigenvalue weighted by atomic mass is 10.5. The fourth-order valence-corrected chi connectivity index (χ4v) is 0.523. The van der Waals surface area contributed by atoms with Gasteiger partial charge < -0.3 is 5.32 Å². The molecule has 1 aromatic heterocycles. The second-order valence-electron chi connectivity index (χ2n) is 1.67. The van der Waals surface area contributed by atoms with Crippen LogP contribution in [0.1, 0.15) is 6.92 Å². The highest BCUT2D eigenvalue weighted by molar-refractivity contribution is 5.88. The van der Waals surface area contributed by atoms with Gasteiger partial charge in [-0.05, 0) is 0 Å². The molecule has 0 saturated heterocycles. The molecule has 0 saturated carbocycles. The largest absolute Gasteiger partial charge is 0.324 e. The highest BCUT2D eigenvalue weighted by atomic mass is 16.1. The summed E-state index contributed by atoms with van der Waals surface area (Å²) in [5.74, 6) is -0.0867. The average molecular weight is 125 g/mol. The molecule has 0 fully saturated rings. The number of nitrogens with one attached hydrogen (secondary N) is 2. The van der Waals surface area contributed by atoms with Gasteiger partial charge in [0.15, 0.2) is 0 Å². The number of hydrogen-bond acceptors (Lipinski definition) is 2. The van der Waals surface area contributed by atoms with E-state index in [1.54, 1.807) is 12.4 Å². The highest BCUT2D eigenvalue weighted by Crippen LogP contribution is 1.98. The van der Waals surface area contributed by atoms with Crippen LogP contribution in [0.3, 0.4) is 0 Å². The number of carbonyl (C=O) groups is 1. The first kappa shape index (κ1) is 5.81. The highest BCUT2D eigenvalue weighted by Gasteiger charge is 1.92. The fourth-order valence-electron chi connectivity index (χ4n) is 0.523. The predicted molar refractivity (Wildman–Crippen MR) is 32.9 cm³/mol. The quantitative estimate of drug-likeness (QED) is 0.569. The van der Waals surface area contributed by atoms with Crippen LogP contribution in [0.4, 0.5) is 5.69 Å². The van der Waals surface area contributed by atoms with Crippen molar-refractivity contribution in [3.63, 3.8) is 0 Å². The molecule has 0 atom stereocenters. The van der Waals surface area contributed by atoms with Gasteiger partial charge in [0.1, 0.15) is 0 Å². The van der Waals surface area contributed by atoms with Crippen molar-refractivity contribution in [1.29, 1.82) is 0 Å². The average Bonchev–Trinajstić information content (AvgIpc) is 2.15. The zero-order chi connectivity index (χ0) is 6.69. The number of H-pyrrole nitrogens is 1. The fraction of sp³-hybridized carbons (Fsp3) is 0.200. The molecule has 9 heavy (non-hydrogen) atoms. The summed E-state index contributed by atoms with van der Waals surface area (Å²) in [4.78, 5) is 10.4. The van der Waals surface area contributed by atoms with Crippen LogP contribution in [0.25, 0.3) is 0 Å². The van der Waals surface area contributed by atoms with Gasteiger partial charge in [-0.1, -0.05) is 0 Å². The Morgan fingerprint density at radius 2 is 2.67 bits per heavy atom. The summed E-state index contributed by atoms with van der Waals surface area (Å²) in [6.07, 6.45) is 3.16. The Kier molecular flexibility index (Phi) is 1.48. The van der Waals surface area contributed by atoms with Gasteiger partial charge in [0.25, 0.3) is 0 Å². The third-order valence-corrected chi connectivity index (χ3v) is 0.819. The lowest BCUT2D eigenvalue weighted by Gasteiger charge is -1.91. The zero-order valence-corrected chi connectivity index (χ0v) is 5.01. The molecule has 0 spiro atoms. The Balaban J connectivity index is 2.58. The standard InChI is InChI=1S/C5H7N3O/c1-4(9)8-5-2-6-7-3-5/h2-3H,1H3,(H,6,7)(H,8,9). The Morgan fingerprint density at radius 1 is 1.89 bits per heavy atom. The molecule has 2 N–H and O–H groups in total. The Labute approximate surface area is 52.3 Å². The smallest absolute Gasteiger partial charge is 0.221 e. The summed E-state index contributed by atoms with van der Waals surface area (Å²) in [7, 11) is 0. The van der Waals surface area contributed by atoms with E-state index in [9.17, 15) is 4.79 Å². The SMILES string of the molecule is CC(=O)Nc1cn[nH]c1. The van der Waals surface area contributed by atoms with E-state index in [4.69, 9.17) is 0 Å². The molecule has 1 rings (SSSR count). The van der Waals surface area contributed by atoms with Crippen molar-refractivity contribution >= 4 is 11.6 Å². The molecule has 0 unspecified atom stereocenters. The second-order valence-corrected chi connectivity index (χ2v) is 1.67. The summed E-state index contributed by atoms with van der Waals surface area (Å²) in [5, 5.41) is 8.76. The number of nitrogens with zero attached hydrogens (tertiary/aromatic N) is 1. The lowest BCUT2D eigenvalue weighted by Crippen LogP contribution is -2.04. The van der Waals surface area contributed by atoms with Crippen LogP contribution < -0.4 is 5.32 Å². The van der Waals surface area contributed by atoms with Crippen molar-refractivity contribution in [2.45, 2.75) is 6.92 Å². The van der Waals surface area contributed by atoms with Crippen molar-refractivity contribution in [3.8, 4) is 0 Å². The molecule has 48 valence electrons. The minimum atomic E-state index is -0.0867. The molecule has 1 amide bonds. The summed E-state index contributed by atoms with van der Waals surface area (Å²) in [5.41, 5.74) is 0.697. The van der Waals surface area contributed by atoms with Gasteiger partial charge in [-0.3, -0.25) is 9.89 Å². The number of amides is 1. The third kappa shape index (κ3) is 1.56. The zero-order valence-electron chi connectivity index (χ0n) is 5.01. The first-order valence-corrected chi connectivity index (χ1v) is 2.55. The van der Waals surface area contributed by atoms with Gasteiger partial charge in [0.2, 0.25) is 5.91 Å². The number of aromatic nitrogens is 2. The molecule has 4 heteroatoms. The lowest BCUT2D eigenvalue weighted by molar-refractivity contribution is -0.114. The van der Waals surface area contributed by atoms with Crippen molar-refractivity contribution in [2.24, 2.45) is 0 Å². The van der Waals surface area contributed by atoms with E-state index < -0.39 is 0 Å². The van der Waals surface area contributed by atoms with E-state index in [1.165, 1.54) is 6.92 Å². The van der Waals surface area contributed by atoms with Crippen LogP contribution in [0.15, 0.2) is 12.4 Å². The normalized spacial score (nSPS) is 9.00. The molecule has 0 radical (unpaired) electrons. The molecule has 0 aliphatic heterocycles. The molecule has 1 heterocycles. The molecular formula is C5H7N3O. The Bertz CT molecular complexity index is 192. The summed E-state index contributed by atoms with van der Waals surface area (Å²) in [6.45, 7) is 1.45. The van der Waals surface area contributed by atoms with E-state index in [0.717, 1.165) is 0 Å². The first-order valence-electron chi connectivity index (χ1n) is 2.55. The molecule has 1 aromatic rings. The van der Waals surface area contributed by atoms with E-state index in [2.05, 4.69) is 15.5 Å². The minimum Gasteiger partial charge on any atom is -0.324 e. The van der Waals surface area contributed by atoms with Crippen LogP contribution in [0, 0.1) is 0 Å². The van der Waals surface area contributed by atoms with E-state index in [1.807, 2.05) is 0 Å². The maximum atomic E-state index is 10.4.